The number of hydrogen-bond acceptors (Lipinski definition) is 2. The topological polar surface area (TPSA) is 6.48 Å². The van der Waals surface area contributed by atoms with Gasteiger partial charge in [0.1, 0.15) is 16.1 Å². The summed E-state index contributed by atoms with van der Waals surface area (Å²) >= 11 is 0. The zero-order chi connectivity index (χ0) is 63.6. The van der Waals surface area contributed by atoms with Crippen molar-refractivity contribution in [1.29, 1.82) is 0 Å². The Bertz CT molecular complexity index is 5380. The van der Waals surface area contributed by atoms with Crippen molar-refractivity contribution in [3.05, 3.63) is 360 Å². The highest BCUT2D eigenvalue weighted by Crippen LogP contribution is 2.66. The molecule has 2 spiro atoms. The quantitative estimate of drug-likeness (QED) is 0.128. The lowest BCUT2D eigenvalue weighted by atomic mass is 9.70. The fraction of sp³-hybridized carbons (Fsp3) is 0.0652. The van der Waals surface area contributed by atoms with E-state index in [1.165, 1.54) is 176 Å². The van der Waals surface area contributed by atoms with E-state index in [2.05, 4.69) is 351 Å². The first-order valence-electron chi connectivity index (χ1n) is 34.1. The highest BCUT2D eigenvalue weighted by molar-refractivity contribution is 7.03. The minimum atomic E-state index is -2.12. The van der Waals surface area contributed by atoms with E-state index >= 15 is 0 Å². The highest BCUT2D eigenvalue weighted by Gasteiger charge is 2.54. The largest absolute Gasteiger partial charge is 0.311 e. The fourth-order valence-electron chi connectivity index (χ4n) is 19.5. The van der Waals surface area contributed by atoms with E-state index in [0.717, 1.165) is 11.4 Å². The molecule has 2 heterocycles. The molecule has 0 atom stereocenters. The van der Waals surface area contributed by atoms with E-state index in [9.17, 15) is 0 Å². The van der Waals surface area contributed by atoms with Crippen LogP contribution in [0.5, 0.6) is 0 Å². The molecule has 2 nitrogen and oxygen atoms in total. The lowest BCUT2D eigenvalue weighted by molar-refractivity contribution is 0.794. The third-order valence-corrected chi connectivity index (χ3v) is 30.5. The van der Waals surface area contributed by atoms with Crippen LogP contribution in [0.2, 0.25) is 26.2 Å². The Kier molecular flexibility index (Phi) is 10.9. The Morgan fingerprint density at radius 1 is 0.219 bits per heavy atom. The molecule has 0 saturated heterocycles. The van der Waals surface area contributed by atoms with Gasteiger partial charge in [-0.1, -0.05) is 281 Å². The molecule has 0 radical (unpaired) electrons. The van der Waals surface area contributed by atoms with E-state index in [4.69, 9.17) is 0 Å². The molecule has 4 heteroatoms. The molecule has 15 aromatic rings. The number of fused-ring (bicyclic) bond motifs is 26. The van der Waals surface area contributed by atoms with Crippen LogP contribution in [0.15, 0.2) is 315 Å². The molecule has 6 aliphatic rings. The van der Waals surface area contributed by atoms with Gasteiger partial charge in [0.25, 0.3) is 0 Å². The lowest BCUT2D eigenvalue weighted by Crippen LogP contribution is -2.58. The molecule has 0 unspecified atom stereocenters. The summed E-state index contributed by atoms with van der Waals surface area (Å²) in [6.45, 7) is 10.1. The maximum Gasteiger partial charge on any atom is 0.117 e. The molecule has 0 amide bonds. The average molecular weight is 1250 g/mol. The van der Waals surface area contributed by atoms with Crippen LogP contribution in [0.3, 0.4) is 0 Å². The predicted octanol–water partition coefficient (Wildman–Crippen LogP) is 21.2. The molecule has 450 valence electrons. The third kappa shape index (κ3) is 6.75. The Labute approximate surface area is 562 Å². The average Bonchev–Trinajstić information content (AvgIpc) is 1.50. The molecule has 0 saturated carbocycles. The molecule has 0 bridgehead atoms. The van der Waals surface area contributed by atoms with Crippen LogP contribution in [0, 0.1) is 0 Å². The molecule has 15 aromatic carbocycles. The van der Waals surface area contributed by atoms with Crippen LogP contribution in [-0.2, 0) is 10.8 Å². The summed E-state index contributed by atoms with van der Waals surface area (Å²) in [7, 11) is -4.24. The Hall–Kier alpha value is -11.1. The second-order valence-corrected chi connectivity index (χ2v) is 37.1. The van der Waals surface area contributed by atoms with Gasteiger partial charge in [0.2, 0.25) is 0 Å². The number of rotatable bonds is 4. The van der Waals surface area contributed by atoms with Gasteiger partial charge in [0.05, 0.1) is 10.8 Å². The van der Waals surface area contributed by atoms with Crippen LogP contribution >= 0.6 is 0 Å². The van der Waals surface area contributed by atoms with Crippen molar-refractivity contribution in [3.8, 4) is 66.8 Å². The maximum absolute atomic E-state index is 2.62. The van der Waals surface area contributed by atoms with Crippen molar-refractivity contribution in [2.45, 2.75) is 37.0 Å². The lowest BCUT2D eigenvalue weighted by Gasteiger charge is -2.41. The molecule has 2 aliphatic heterocycles. The van der Waals surface area contributed by atoms with Gasteiger partial charge >= 0.3 is 0 Å². The zero-order valence-electron chi connectivity index (χ0n) is 53.9. The van der Waals surface area contributed by atoms with Crippen LogP contribution in [-0.4, -0.2) is 16.1 Å². The molecule has 0 aromatic heterocycles. The summed E-state index contributed by atoms with van der Waals surface area (Å²) in [5.74, 6) is 0. The van der Waals surface area contributed by atoms with Gasteiger partial charge in [0, 0.05) is 34.1 Å². The predicted molar refractivity (Wildman–Crippen MR) is 408 cm³/mol. The fourth-order valence-corrected chi connectivity index (χ4v) is 25.5. The van der Waals surface area contributed by atoms with Crippen LogP contribution in [0.1, 0.15) is 44.5 Å². The zero-order valence-corrected chi connectivity index (χ0v) is 55.9. The summed E-state index contributed by atoms with van der Waals surface area (Å²) in [6.07, 6.45) is 0. The van der Waals surface area contributed by atoms with Crippen LogP contribution in [0.25, 0.3) is 88.3 Å². The monoisotopic (exact) mass is 1250 g/mol. The van der Waals surface area contributed by atoms with Crippen molar-refractivity contribution < 1.29 is 0 Å². The van der Waals surface area contributed by atoms with Crippen molar-refractivity contribution in [3.63, 3.8) is 0 Å². The second-order valence-electron chi connectivity index (χ2n) is 28.5. The van der Waals surface area contributed by atoms with Crippen molar-refractivity contribution in [1.82, 2.24) is 0 Å². The molecule has 96 heavy (non-hydrogen) atoms. The SMILES string of the molecule is C[Si]1(C)c2ccccc2N(c2ccc3c(-c4ccc5c(c4)C4(c6ccccc6-c6ccccc64)c4ccccc4-5)c4cc(N5c6ccccc6[Si](C)(C)c6ccccc65)ccc4c(-c4ccc5c(c4)C4(c6ccccc6-c6ccccc64)c4ccccc4-5)c3c2)c2ccccc21. The third-order valence-electron chi connectivity index (χ3n) is 23.4. The van der Waals surface area contributed by atoms with E-state index in [1.54, 1.807) is 0 Å². The Morgan fingerprint density at radius 3 is 0.760 bits per heavy atom. The van der Waals surface area contributed by atoms with Gasteiger partial charge in [0.15, 0.2) is 0 Å². The second kappa shape index (κ2) is 19.3. The first-order valence-corrected chi connectivity index (χ1v) is 40.1. The van der Waals surface area contributed by atoms with E-state index in [1.807, 2.05) is 0 Å². The summed E-state index contributed by atoms with van der Waals surface area (Å²) < 4.78 is 0. The maximum atomic E-state index is 2.62. The summed E-state index contributed by atoms with van der Waals surface area (Å²) in [4.78, 5) is 5.17. The molecule has 21 rings (SSSR count). The number of para-hydroxylation sites is 4. The van der Waals surface area contributed by atoms with Gasteiger partial charge in [-0.3, -0.25) is 0 Å². The Balaban J connectivity index is 0.907. The molecule has 0 fully saturated rings. The van der Waals surface area contributed by atoms with E-state index in [-0.39, 0.29) is 0 Å². The van der Waals surface area contributed by atoms with Crippen molar-refractivity contribution in [2.75, 3.05) is 9.80 Å². The van der Waals surface area contributed by atoms with Gasteiger partial charge in [-0.05, 0) is 214 Å². The minimum Gasteiger partial charge on any atom is -0.311 e. The van der Waals surface area contributed by atoms with Gasteiger partial charge in [-0.2, -0.15) is 0 Å². The van der Waals surface area contributed by atoms with Gasteiger partial charge in [-0.25, -0.2) is 0 Å². The first-order chi connectivity index (χ1) is 47.2. The molecular weight excluding hydrogens is 1190 g/mol. The summed E-state index contributed by atoms with van der Waals surface area (Å²) in [5, 5.41) is 10.7. The smallest absolute Gasteiger partial charge is 0.117 e. The van der Waals surface area contributed by atoms with E-state index < -0.39 is 27.0 Å². The number of benzene rings is 15. The highest BCUT2D eigenvalue weighted by atomic mass is 28.3. The Morgan fingerprint density at radius 2 is 0.469 bits per heavy atom. The minimum absolute atomic E-state index is 0.529. The molecular formula is C92H64N2Si2. The van der Waals surface area contributed by atoms with E-state index in [0.29, 0.717) is 0 Å². The number of hydrogen-bond donors (Lipinski definition) is 0. The van der Waals surface area contributed by atoms with Gasteiger partial charge in [-0.15, -0.1) is 0 Å². The van der Waals surface area contributed by atoms with Crippen LogP contribution in [0.4, 0.5) is 34.1 Å². The molecule has 0 N–H and O–H groups in total. The van der Waals surface area contributed by atoms with Crippen LogP contribution < -0.4 is 30.5 Å². The standard InChI is InChI=1S/C92H64N2Si2/c1-95(2)85-41-21-17-37-81(85)93(82-38-18-22-42-86(82)95)59-47-51-69-71(55-59)89(57-45-49-67-65-29-9-15-35-77(65)91(79(67)53-57)73-31-11-5-25-61(73)62-26-6-12-32-74(62)91)70-52-48-60(94-83-39-19-23-43-87(83)96(3,4)88-44-24-20-40-84(88)94)56-72(70)90(69)58-46-50-68-66-30-10-16-36-78(66)92(80(68)54-58)75-33-13-7-27-63(75)64-28-8-14-34-76(64)92/h5-56H,1-4H3. The number of nitrogens with zero attached hydrogens (tertiary/aromatic N) is 2. The summed E-state index contributed by atoms with van der Waals surface area (Å²) in [6, 6.07) is 123. The van der Waals surface area contributed by atoms with Crippen molar-refractivity contribution in [2.24, 2.45) is 0 Å². The summed E-state index contributed by atoms with van der Waals surface area (Å²) in [5.41, 5.74) is 32.3. The normalized spacial score (nSPS) is 15.6. The van der Waals surface area contributed by atoms with Crippen molar-refractivity contribution >= 4 is 92.6 Å². The van der Waals surface area contributed by atoms with Gasteiger partial charge < -0.3 is 9.80 Å². The number of anilines is 6. The molecule has 4 aliphatic carbocycles. The first kappa shape index (κ1) is 54.3.